The van der Waals surface area contributed by atoms with Crippen LogP contribution in [0.2, 0.25) is 0 Å². The molecule has 0 N–H and O–H groups in total. The van der Waals surface area contributed by atoms with Crippen molar-refractivity contribution in [2.75, 3.05) is 4.90 Å². The average molecular weight is 642 g/mol. The molecule has 0 amide bonds. The van der Waals surface area contributed by atoms with E-state index in [2.05, 4.69) is 201 Å². The summed E-state index contributed by atoms with van der Waals surface area (Å²) in [6, 6.07) is 62.7. The fourth-order valence-electron chi connectivity index (χ4n) is 6.33. The summed E-state index contributed by atoms with van der Waals surface area (Å²) in [4.78, 5) is 2.29. The number of benzene rings is 7. The average Bonchev–Trinajstić information content (AvgIpc) is 3.43. The van der Waals surface area contributed by atoms with E-state index in [1.54, 1.807) is 0 Å². The van der Waals surface area contributed by atoms with Crippen molar-refractivity contribution in [2.45, 2.75) is 0 Å². The number of halogens is 1. The van der Waals surface area contributed by atoms with Gasteiger partial charge in [0, 0.05) is 38.0 Å². The molecule has 2 nitrogen and oxygen atoms in total. The van der Waals surface area contributed by atoms with Crippen molar-refractivity contribution >= 4 is 54.8 Å². The molecule has 0 bridgehead atoms. The summed E-state index contributed by atoms with van der Waals surface area (Å²) < 4.78 is 3.41. The molecule has 45 heavy (non-hydrogen) atoms. The van der Waals surface area contributed by atoms with Crippen LogP contribution in [-0.2, 0) is 0 Å². The third-order valence-electron chi connectivity index (χ3n) is 8.41. The summed E-state index contributed by atoms with van der Waals surface area (Å²) in [5.74, 6) is 0. The van der Waals surface area contributed by atoms with Crippen molar-refractivity contribution in [2.24, 2.45) is 0 Å². The largest absolute Gasteiger partial charge is 0.311 e. The second kappa shape index (κ2) is 11.6. The Labute approximate surface area is 271 Å². The summed E-state index contributed by atoms with van der Waals surface area (Å²) in [5.41, 5.74) is 11.7. The van der Waals surface area contributed by atoms with Crippen molar-refractivity contribution in [1.82, 2.24) is 4.57 Å². The Balaban J connectivity index is 1.19. The van der Waals surface area contributed by atoms with Crippen molar-refractivity contribution < 1.29 is 0 Å². The number of hydrogen-bond acceptors (Lipinski definition) is 1. The summed E-state index contributed by atoms with van der Waals surface area (Å²) in [7, 11) is 0. The van der Waals surface area contributed by atoms with Crippen LogP contribution in [0.15, 0.2) is 180 Å². The van der Waals surface area contributed by atoms with Gasteiger partial charge in [0.25, 0.3) is 0 Å². The van der Waals surface area contributed by atoms with E-state index in [0.717, 1.165) is 21.5 Å². The van der Waals surface area contributed by atoms with Crippen LogP contribution in [-0.4, -0.2) is 4.57 Å². The van der Waals surface area contributed by atoms with Gasteiger partial charge in [0.05, 0.1) is 11.0 Å². The smallest absolute Gasteiger partial charge is 0.0541 e. The third kappa shape index (κ3) is 5.12. The Bertz CT molecular complexity index is 2220. The van der Waals surface area contributed by atoms with Gasteiger partial charge in [-0.3, -0.25) is 0 Å². The highest BCUT2D eigenvalue weighted by Crippen LogP contribution is 2.38. The van der Waals surface area contributed by atoms with E-state index < -0.39 is 0 Å². The monoisotopic (exact) mass is 640 g/mol. The maximum absolute atomic E-state index is 3.82. The van der Waals surface area contributed by atoms with Crippen LogP contribution in [0.1, 0.15) is 0 Å². The first-order valence-electron chi connectivity index (χ1n) is 15.1. The molecule has 214 valence electrons. The fourth-order valence-corrected chi connectivity index (χ4v) is 6.83. The lowest BCUT2D eigenvalue weighted by atomic mass is 9.97. The molecule has 0 aliphatic carbocycles. The molecule has 0 aliphatic rings. The number of rotatable bonds is 6. The summed E-state index contributed by atoms with van der Waals surface area (Å²) in [6.45, 7) is 0. The highest BCUT2D eigenvalue weighted by atomic mass is 79.9. The summed E-state index contributed by atoms with van der Waals surface area (Å²) >= 11 is 3.82. The second-order valence-electron chi connectivity index (χ2n) is 11.2. The Hall–Kier alpha value is -5.38. The Morgan fingerprint density at radius 3 is 1.56 bits per heavy atom. The first-order chi connectivity index (χ1) is 22.2. The molecule has 0 fully saturated rings. The van der Waals surface area contributed by atoms with Gasteiger partial charge in [-0.2, -0.15) is 0 Å². The quantitative estimate of drug-likeness (QED) is 0.175. The maximum Gasteiger partial charge on any atom is 0.0541 e. The first-order valence-corrected chi connectivity index (χ1v) is 15.9. The number of anilines is 3. The normalized spacial score (nSPS) is 11.2. The van der Waals surface area contributed by atoms with Crippen LogP contribution in [0.4, 0.5) is 17.1 Å². The Morgan fingerprint density at radius 2 is 0.889 bits per heavy atom. The Morgan fingerprint density at radius 1 is 0.378 bits per heavy atom. The van der Waals surface area contributed by atoms with Gasteiger partial charge in [-0.1, -0.05) is 107 Å². The number of para-hydroxylation sites is 4. The van der Waals surface area contributed by atoms with E-state index in [1.807, 2.05) is 0 Å². The number of hydrogen-bond donors (Lipinski definition) is 0. The van der Waals surface area contributed by atoms with Gasteiger partial charge in [0.1, 0.15) is 0 Å². The molecule has 0 unspecified atom stereocenters. The van der Waals surface area contributed by atoms with Crippen LogP contribution in [0.25, 0.3) is 49.7 Å². The lowest BCUT2D eigenvalue weighted by molar-refractivity contribution is 1.18. The van der Waals surface area contributed by atoms with Gasteiger partial charge in [-0.05, 0) is 107 Å². The molecule has 0 aliphatic heterocycles. The minimum atomic E-state index is 1.06. The van der Waals surface area contributed by atoms with Crippen molar-refractivity contribution in [3.05, 3.63) is 180 Å². The zero-order chi connectivity index (χ0) is 30.2. The van der Waals surface area contributed by atoms with E-state index >= 15 is 0 Å². The van der Waals surface area contributed by atoms with E-state index in [1.165, 1.54) is 49.7 Å². The van der Waals surface area contributed by atoms with Gasteiger partial charge in [0.15, 0.2) is 0 Å². The predicted molar refractivity (Wildman–Crippen MR) is 194 cm³/mol. The van der Waals surface area contributed by atoms with E-state index in [0.29, 0.717) is 0 Å². The number of aromatic nitrogens is 1. The van der Waals surface area contributed by atoms with Crippen LogP contribution in [0.5, 0.6) is 0 Å². The molecule has 0 spiro atoms. The van der Waals surface area contributed by atoms with Gasteiger partial charge >= 0.3 is 0 Å². The van der Waals surface area contributed by atoms with E-state index in [9.17, 15) is 0 Å². The minimum absolute atomic E-state index is 1.06. The highest BCUT2D eigenvalue weighted by Gasteiger charge is 2.15. The molecule has 0 saturated heterocycles. The van der Waals surface area contributed by atoms with Crippen molar-refractivity contribution in [3.8, 4) is 27.9 Å². The molecule has 7 aromatic carbocycles. The lowest BCUT2D eigenvalue weighted by Gasteiger charge is -2.25. The fraction of sp³-hybridized carbons (Fsp3) is 0. The zero-order valence-electron chi connectivity index (χ0n) is 24.5. The van der Waals surface area contributed by atoms with Crippen LogP contribution < -0.4 is 4.90 Å². The predicted octanol–water partition coefficient (Wildman–Crippen LogP) is 12.3. The van der Waals surface area contributed by atoms with Crippen molar-refractivity contribution in [3.63, 3.8) is 0 Å². The van der Waals surface area contributed by atoms with Crippen LogP contribution in [0, 0.1) is 0 Å². The third-order valence-corrected chi connectivity index (χ3v) is 8.86. The second-order valence-corrected chi connectivity index (χ2v) is 12.1. The minimum Gasteiger partial charge on any atom is -0.311 e. The van der Waals surface area contributed by atoms with Gasteiger partial charge < -0.3 is 9.47 Å². The van der Waals surface area contributed by atoms with E-state index in [4.69, 9.17) is 0 Å². The molecule has 3 heteroatoms. The maximum atomic E-state index is 3.82. The van der Waals surface area contributed by atoms with Crippen LogP contribution in [0.3, 0.4) is 0 Å². The molecule has 0 atom stereocenters. The SMILES string of the molecule is Brc1cc(-c2ccc(N(c3ccccc3)c3ccccc3)cc2)cc(-c2ccc3c(c2)c2ccccc2n3-c2ccccc2)c1. The number of fused-ring (bicyclic) bond motifs is 3. The standard InChI is InChI=1S/C42H29BrN2/c43-34-27-32(30-20-23-38(24-21-30)44(35-12-4-1-5-13-35)36-14-6-2-7-15-36)26-33(28-34)31-22-25-42-40(29-31)39-18-10-11-19-41(39)45(42)37-16-8-3-9-17-37/h1-29H. The summed E-state index contributed by atoms with van der Waals surface area (Å²) in [6.07, 6.45) is 0. The molecule has 0 saturated carbocycles. The van der Waals surface area contributed by atoms with Gasteiger partial charge in [-0.25, -0.2) is 0 Å². The molecule has 1 heterocycles. The van der Waals surface area contributed by atoms with Gasteiger partial charge in [0.2, 0.25) is 0 Å². The molecular weight excluding hydrogens is 612 g/mol. The van der Waals surface area contributed by atoms with Crippen LogP contribution >= 0.6 is 15.9 Å². The zero-order valence-corrected chi connectivity index (χ0v) is 26.1. The number of nitrogens with zero attached hydrogens (tertiary/aromatic N) is 2. The lowest BCUT2D eigenvalue weighted by Crippen LogP contribution is -2.09. The molecule has 0 radical (unpaired) electrons. The molecule has 8 aromatic rings. The first kappa shape index (κ1) is 27.2. The molecule has 8 rings (SSSR count). The summed E-state index contributed by atoms with van der Waals surface area (Å²) in [5, 5.41) is 2.50. The highest BCUT2D eigenvalue weighted by molar-refractivity contribution is 9.10. The van der Waals surface area contributed by atoms with Crippen molar-refractivity contribution in [1.29, 1.82) is 0 Å². The topological polar surface area (TPSA) is 8.17 Å². The Kier molecular flexibility index (Phi) is 7.01. The van der Waals surface area contributed by atoms with E-state index in [-0.39, 0.29) is 0 Å². The van der Waals surface area contributed by atoms with Gasteiger partial charge in [-0.15, -0.1) is 0 Å². The molecule has 1 aromatic heterocycles. The molecular formula is C42H29BrN2.